The van der Waals surface area contributed by atoms with Crippen molar-refractivity contribution in [1.82, 2.24) is 0 Å². The number of ether oxygens (including phenoxy) is 2. The predicted octanol–water partition coefficient (Wildman–Crippen LogP) is 11.9. The lowest BCUT2D eigenvalue weighted by atomic mass is 10.1. The zero-order valence-corrected chi connectivity index (χ0v) is 40.6. The van der Waals surface area contributed by atoms with Gasteiger partial charge in [0.1, 0.15) is 22.9 Å². The monoisotopic (exact) mass is 1020 g/mol. The number of carbonyl (C=O) groups excluding carboxylic acids is 6. The maximum absolute atomic E-state index is 13.5. The zero-order chi connectivity index (χ0) is 49.5. The number of carbonyl (C=O) groups is 6. The lowest BCUT2D eigenvalue weighted by molar-refractivity contribution is -0.127. The molecule has 2 unspecified atom stereocenters. The molecule has 354 valence electrons. The third-order valence-electron chi connectivity index (χ3n) is 9.60. The quantitative estimate of drug-likeness (QED) is 0.0314. The highest BCUT2D eigenvalue weighted by molar-refractivity contribution is 6.37. The molecule has 0 aliphatic rings. The number of halogens is 5. The smallest absolute Gasteiger partial charge is 0.258 e. The first-order chi connectivity index (χ1) is 32.6. The predicted molar refractivity (Wildman–Crippen MR) is 264 cm³/mol. The normalized spacial score (nSPS) is 12.0. The van der Waals surface area contributed by atoms with Crippen LogP contribution in [0.1, 0.15) is 65.1 Å². The van der Waals surface area contributed by atoms with Crippen molar-refractivity contribution in [2.45, 2.75) is 57.4 Å². The molecule has 0 saturated heterocycles. The molecular formula is C47H43Cl5N8O8. The molecule has 5 aromatic rings. The number of ketones is 2. The molecule has 0 bridgehead atoms. The van der Waals surface area contributed by atoms with E-state index in [-0.39, 0.29) is 61.6 Å². The number of amides is 4. The van der Waals surface area contributed by atoms with E-state index in [4.69, 9.17) is 67.5 Å². The second kappa shape index (κ2) is 25.1. The second-order valence-electron chi connectivity index (χ2n) is 14.3. The van der Waals surface area contributed by atoms with Crippen molar-refractivity contribution >= 4 is 127 Å². The molecule has 0 radical (unpaired) electrons. The summed E-state index contributed by atoms with van der Waals surface area (Å²) < 4.78 is 11.4. The maximum atomic E-state index is 13.5. The van der Waals surface area contributed by atoms with E-state index in [1.807, 2.05) is 0 Å². The number of rotatable bonds is 21. The van der Waals surface area contributed by atoms with Gasteiger partial charge in [-0.05, 0) is 87.9 Å². The molecule has 4 N–H and O–H groups in total. The SMILES string of the molecule is CCOc1c(CCl)cccc1NC(=O)c1cccc(N=NC(C(C)=O)C(=O)Nc2ccc(NC(=O)C(N=Nc3cccc(C(=O)Nc4cccc(CCl)c4OCC)c3Cl)C(C)=O)c(CCl)c2)c1Cl. The van der Waals surface area contributed by atoms with Crippen LogP contribution in [0.2, 0.25) is 10.0 Å². The molecule has 21 heteroatoms. The highest BCUT2D eigenvalue weighted by Crippen LogP contribution is 2.36. The largest absolute Gasteiger partial charge is 0.491 e. The topological polar surface area (TPSA) is 218 Å². The summed E-state index contributed by atoms with van der Waals surface area (Å²) in [6, 6.07) is 20.1. The van der Waals surface area contributed by atoms with Crippen molar-refractivity contribution in [2.75, 3.05) is 34.5 Å². The molecule has 5 aromatic carbocycles. The lowest BCUT2D eigenvalue weighted by Crippen LogP contribution is -2.32. The van der Waals surface area contributed by atoms with Crippen LogP contribution in [0.25, 0.3) is 0 Å². The Kier molecular flexibility index (Phi) is 19.4. The van der Waals surface area contributed by atoms with Crippen LogP contribution >= 0.6 is 58.0 Å². The molecule has 0 aliphatic heterocycles. The Bertz CT molecular complexity index is 2790. The Hall–Kier alpha value is -6.43. The van der Waals surface area contributed by atoms with Crippen LogP contribution < -0.4 is 30.7 Å². The summed E-state index contributed by atoms with van der Waals surface area (Å²) in [6.07, 6.45) is 0. The van der Waals surface area contributed by atoms with E-state index >= 15 is 0 Å². The number of hydrogen-bond acceptors (Lipinski definition) is 12. The Labute approximate surface area is 416 Å². The molecule has 68 heavy (non-hydrogen) atoms. The average molecular weight is 1030 g/mol. The van der Waals surface area contributed by atoms with E-state index in [2.05, 4.69) is 41.7 Å². The van der Waals surface area contributed by atoms with Crippen molar-refractivity contribution in [2.24, 2.45) is 20.5 Å². The van der Waals surface area contributed by atoms with E-state index < -0.39 is 47.3 Å². The maximum Gasteiger partial charge on any atom is 0.258 e. The number of benzene rings is 5. The van der Waals surface area contributed by atoms with Gasteiger partial charge in [-0.25, -0.2) is 0 Å². The van der Waals surface area contributed by atoms with E-state index in [1.165, 1.54) is 54.6 Å². The minimum atomic E-state index is -1.65. The van der Waals surface area contributed by atoms with Gasteiger partial charge in [-0.15, -0.1) is 34.8 Å². The molecule has 16 nitrogen and oxygen atoms in total. The molecule has 0 fully saturated rings. The molecule has 0 saturated carbocycles. The first-order valence-corrected chi connectivity index (χ1v) is 23.0. The van der Waals surface area contributed by atoms with Crippen LogP contribution in [0.3, 0.4) is 0 Å². The van der Waals surface area contributed by atoms with Gasteiger partial charge in [0.2, 0.25) is 12.1 Å². The first-order valence-electron chi connectivity index (χ1n) is 20.6. The molecule has 2 atom stereocenters. The van der Waals surface area contributed by atoms with E-state index in [9.17, 15) is 28.8 Å². The van der Waals surface area contributed by atoms with Crippen molar-refractivity contribution in [3.05, 3.63) is 129 Å². The van der Waals surface area contributed by atoms with E-state index in [0.717, 1.165) is 13.8 Å². The van der Waals surface area contributed by atoms with Crippen LogP contribution in [-0.4, -0.2) is 60.5 Å². The Balaban J connectivity index is 1.27. The molecule has 4 amide bonds. The van der Waals surface area contributed by atoms with Crippen molar-refractivity contribution < 1.29 is 38.2 Å². The number of nitrogens with zero attached hydrogens (tertiary/aromatic N) is 4. The number of anilines is 4. The number of para-hydroxylation sites is 2. The van der Waals surface area contributed by atoms with Gasteiger partial charge in [0.25, 0.3) is 23.6 Å². The number of nitrogens with one attached hydrogen (secondary N) is 4. The van der Waals surface area contributed by atoms with Gasteiger partial charge in [0.05, 0.1) is 57.5 Å². The summed E-state index contributed by atoms with van der Waals surface area (Å²) in [6.45, 7) is 6.55. The average Bonchev–Trinajstić information content (AvgIpc) is 3.31. The summed E-state index contributed by atoms with van der Waals surface area (Å²) in [5.74, 6) is -3.27. The molecular weight excluding hydrogens is 982 g/mol. The Morgan fingerprint density at radius 2 is 0.956 bits per heavy atom. The minimum Gasteiger partial charge on any atom is -0.491 e. The van der Waals surface area contributed by atoms with Crippen LogP contribution in [0.4, 0.5) is 34.1 Å². The number of azo groups is 2. The summed E-state index contributed by atoms with van der Waals surface area (Å²) in [7, 11) is 0. The summed E-state index contributed by atoms with van der Waals surface area (Å²) in [5.41, 5.74) is 2.83. The van der Waals surface area contributed by atoms with Crippen LogP contribution in [0.5, 0.6) is 11.5 Å². The second-order valence-corrected chi connectivity index (χ2v) is 15.9. The summed E-state index contributed by atoms with van der Waals surface area (Å²) >= 11 is 31.6. The van der Waals surface area contributed by atoms with Crippen molar-refractivity contribution in [3.8, 4) is 11.5 Å². The fourth-order valence-corrected chi connectivity index (χ4v) is 7.46. The number of hydrogen-bond donors (Lipinski definition) is 4. The van der Waals surface area contributed by atoms with Gasteiger partial charge in [-0.2, -0.15) is 20.5 Å². The van der Waals surface area contributed by atoms with Gasteiger partial charge in [-0.1, -0.05) is 59.6 Å². The highest BCUT2D eigenvalue weighted by atomic mass is 35.5. The van der Waals surface area contributed by atoms with Gasteiger partial charge in [-0.3, -0.25) is 28.8 Å². The summed E-state index contributed by atoms with van der Waals surface area (Å²) in [4.78, 5) is 78.9. The third-order valence-corrected chi connectivity index (χ3v) is 11.3. The minimum absolute atomic E-state index is 0.00390. The summed E-state index contributed by atoms with van der Waals surface area (Å²) in [5, 5.41) is 26.6. The fourth-order valence-electron chi connectivity index (χ4n) is 6.32. The molecule has 0 heterocycles. The molecule has 0 aromatic heterocycles. The lowest BCUT2D eigenvalue weighted by Gasteiger charge is -2.15. The van der Waals surface area contributed by atoms with Crippen LogP contribution in [0.15, 0.2) is 111 Å². The van der Waals surface area contributed by atoms with Gasteiger partial charge < -0.3 is 30.7 Å². The van der Waals surface area contributed by atoms with Crippen molar-refractivity contribution in [3.63, 3.8) is 0 Å². The van der Waals surface area contributed by atoms with Crippen LogP contribution in [0, 0.1) is 0 Å². The Morgan fingerprint density at radius 1 is 0.529 bits per heavy atom. The van der Waals surface area contributed by atoms with E-state index in [0.29, 0.717) is 52.8 Å². The number of alkyl halides is 3. The highest BCUT2D eigenvalue weighted by Gasteiger charge is 2.27. The van der Waals surface area contributed by atoms with E-state index in [1.54, 1.807) is 50.2 Å². The standard InChI is InChI=1S/C47H43Cl5N8O8/c1-5-67-42-27(22-48)11-7-17-36(42)55-44(63)31-13-9-15-34(38(31)51)57-59-40(25(3)61)46(65)53-30-19-20-33(29(21-30)24-50)54-47(66)41(26(4)62)60-58-35-16-10-14-32(39(35)52)45(64)56-37-18-8-12-28(23-49)43(37)68-6-2/h7-21,40-41H,5-6,22-24H2,1-4H3,(H,53,65)(H,54,66)(H,55,63)(H,56,64). The van der Waals surface area contributed by atoms with Gasteiger partial charge in [0, 0.05) is 28.4 Å². The fraction of sp³-hybridized carbons (Fsp3) is 0.234. The first kappa shape index (κ1) is 52.5. The van der Waals surface area contributed by atoms with Crippen LogP contribution in [-0.2, 0) is 36.8 Å². The van der Waals surface area contributed by atoms with Gasteiger partial charge in [0.15, 0.2) is 11.6 Å². The van der Waals surface area contributed by atoms with Crippen molar-refractivity contribution in [1.29, 1.82) is 0 Å². The molecule has 0 spiro atoms. The molecule has 0 aliphatic carbocycles. The molecule has 5 rings (SSSR count). The van der Waals surface area contributed by atoms with Gasteiger partial charge >= 0.3 is 0 Å². The Morgan fingerprint density at radius 3 is 1.37 bits per heavy atom. The zero-order valence-electron chi connectivity index (χ0n) is 36.8. The third kappa shape index (κ3) is 13.2. The number of Topliss-reactive ketones (excluding diaryl/α,β-unsaturated/α-hetero) is 2.